The lowest BCUT2D eigenvalue weighted by atomic mass is 10.2. The summed E-state index contributed by atoms with van der Waals surface area (Å²) in [5.41, 5.74) is 0.677. The van der Waals surface area contributed by atoms with E-state index < -0.39 is 17.6 Å². The van der Waals surface area contributed by atoms with Gasteiger partial charge in [-0.3, -0.25) is 9.59 Å². The fourth-order valence-corrected chi connectivity index (χ4v) is 2.19. The van der Waals surface area contributed by atoms with Crippen LogP contribution in [0, 0.1) is 5.82 Å². The summed E-state index contributed by atoms with van der Waals surface area (Å²) in [7, 11) is 0. The molecule has 0 unspecified atom stereocenters. The minimum absolute atomic E-state index is 0.0526. The van der Waals surface area contributed by atoms with E-state index in [0.29, 0.717) is 5.82 Å². The van der Waals surface area contributed by atoms with E-state index in [9.17, 15) is 14.0 Å². The van der Waals surface area contributed by atoms with Crippen LogP contribution in [0.4, 0.5) is 4.39 Å². The molecule has 3 rings (SSSR count). The smallest absolute Gasteiger partial charge is 0.316 e. The summed E-state index contributed by atoms with van der Waals surface area (Å²) < 4.78 is 18.4. The van der Waals surface area contributed by atoms with Crippen LogP contribution in [0.2, 0.25) is 0 Å². The Morgan fingerprint density at radius 2 is 1.58 bits per heavy atom. The summed E-state index contributed by atoms with van der Waals surface area (Å²) >= 11 is 0. The van der Waals surface area contributed by atoms with Gasteiger partial charge in [-0.05, 0) is 12.1 Å². The van der Waals surface area contributed by atoms with Crippen molar-refractivity contribution in [2.24, 2.45) is 0 Å². The van der Waals surface area contributed by atoms with Crippen LogP contribution in [0.5, 0.6) is 0 Å². The van der Waals surface area contributed by atoms with Gasteiger partial charge in [0.15, 0.2) is 0 Å². The molecule has 2 amide bonds. The lowest BCUT2D eigenvalue weighted by Gasteiger charge is -2.06. The number of rotatable bonds is 6. The Morgan fingerprint density at radius 3 is 2.31 bits per heavy atom. The number of nitrogens with zero attached hydrogens (tertiary/aromatic N) is 2. The van der Waals surface area contributed by atoms with Crippen molar-refractivity contribution in [1.29, 1.82) is 0 Å². The van der Waals surface area contributed by atoms with E-state index in [2.05, 4.69) is 20.8 Å². The molecule has 0 bridgehead atoms. The number of benzene rings is 2. The van der Waals surface area contributed by atoms with E-state index in [-0.39, 0.29) is 24.5 Å². The second-order valence-electron chi connectivity index (χ2n) is 5.28. The van der Waals surface area contributed by atoms with E-state index in [0.717, 1.165) is 5.56 Å². The maximum atomic E-state index is 13.5. The van der Waals surface area contributed by atoms with Gasteiger partial charge in [0.2, 0.25) is 5.82 Å². The van der Waals surface area contributed by atoms with Gasteiger partial charge in [-0.15, -0.1) is 0 Å². The van der Waals surface area contributed by atoms with Crippen molar-refractivity contribution in [2.45, 2.75) is 0 Å². The number of hydrogen-bond donors (Lipinski definition) is 2. The van der Waals surface area contributed by atoms with Crippen molar-refractivity contribution in [3.05, 3.63) is 71.9 Å². The van der Waals surface area contributed by atoms with Crippen molar-refractivity contribution in [3.63, 3.8) is 0 Å². The molecule has 0 spiro atoms. The Labute approximate surface area is 148 Å². The zero-order chi connectivity index (χ0) is 18.4. The molecule has 7 nitrogen and oxygen atoms in total. The second kappa shape index (κ2) is 8.02. The highest BCUT2D eigenvalue weighted by Gasteiger charge is 2.16. The maximum absolute atomic E-state index is 13.5. The highest BCUT2D eigenvalue weighted by atomic mass is 19.1. The van der Waals surface area contributed by atoms with Crippen LogP contribution >= 0.6 is 0 Å². The minimum atomic E-state index is -0.603. The molecule has 26 heavy (non-hydrogen) atoms. The Balaban J connectivity index is 1.48. The number of amides is 2. The Morgan fingerprint density at radius 1 is 0.923 bits per heavy atom. The average molecular weight is 354 g/mol. The first-order valence-corrected chi connectivity index (χ1v) is 7.85. The Bertz CT molecular complexity index is 912. The van der Waals surface area contributed by atoms with Crippen LogP contribution < -0.4 is 10.6 Å². The summed E-state index contributed by atoms with van der Waals surface area (Å²) in [6, 6.07) is 14.7. The molecule has 0 aliphatic carbocycles. The fourth-order valence-electron chi connectivity index (χ4n) is 2.19. The summed E-state index contributed by atoms with van der Waals surface area (Å²) in [5.74, 6) is -1.58. The van der Waals surface area contributed by atoms with Gasteiger partial charge in [-0.2, -0.15) is 4.98 Å². The minimum Gasteiger partial charge on any atom is -0.350 e. The van der Waals surface area contributed by atoms with Crippen molar-refractivity contribution in [1.82, 2.24) is 20.8 Å². The van der Waals surface area contributed by atoms with E-state index in [1.165, 1.54) is 18.2 Å². The molecule has 8 heteroatoms. The number of carbonyl (C=O) groups is 2. The van der Waals surface area contributed by atoms with Gasteiger partial charge >= 0.3 is 11.8 Å². The van der Waals surface area contributed by atoms with Crippen molar-refractivity contribution >= 4 is 11.8 Å². The molecule has 2 aromatic carbocycles. The molecule has 2 N–H and O–H groups in total. The van der Waals surface area contributed by atoms with Gasteiger partial charge in [0.05, 0.1) is 5.56 Å². The van der Waals surface area contributed by atoms with Gasteiger partial charge < -0.3 is 15.2 Å². The van der Waals surface area contributed by atoms with Crippen LogP contribution in [0.15, 0.2) is 59.1 Å². The predicted octanol–water partition coefficient (Wildman–Crippen LogP) is 2.04. The quantitative estimate of drug-likeness (QED) is 0.660. The first-order valence-electron chi connectivity index (χ1n) is 7.85. The van der Waals surface area contributed by atoms with E-state index in [1.807, 2.05) is 18.2 Å². The number of nitrogens with one attached hydrogen (secondary N) is 2. The highest BCUT2D eigenvalue weighted by molar-refractivity contribution is 5.94. The summed E-state index contributed by atoms with van der Waals surface area (Å²) in [5, 5.41) is 8.81. The number of halogens is 1. The molecule has 0 saturated heterocycles. The SMILES string of the molecule is O=C(NCCNC(=O)c1ccccc1F)c1nc(-c2ccccc2)no1. The van der Waals surface area contributed by atoms with Crippen LogP contribution in [0.1, 0.15) is 21.0 Å². The summed E-state index contributed by atoms with van der Waals surface area (Å²) in [4.78, 5) is 27.8. The van der Waals surface area contributed by atoms with Crippen molar-refractivity contribution in [3.8, 4) is 11.4 Å². The first-order chi connectivity index (χ1) is 12.6. The van der Waals surface area contributed by atoms with E-state index >= 15 is 0 Å². The van der Waals surface area contributed by atoms with Gasteiger partial charge in [0.1, 0.15) is 5.82 Å². The highest BCUT2D eigenvalue weighted by Crippen LogP contribution is 2.14. The van der Waals surface area contributed by atoms with Crippen LogP contribution in [-0.2, 0) is 0 Å². The van der Waals surface area contributed by atoms with Gasteiger partial charge in [-0.25, -0.2) is 4.39 Å². The van der Waals surface area contributed by atoms with Crippen LogP contribution in [-0.4, -0.2) is 35.0 Å². The third kappa shape index (κ3) is 4.10. The summed E-state index contributed by atoms with van der Waals surface area (Å²) in [6.07, 6.45) is 0. The molecule has 132 valence electrons. The Kier molecular flexibility index (Phi) is 5.33. The molecular formula is C18H15FN4O3. The zero-order valence-electron chi connectivity index (χ0n) is 13.6. The fraction of sp³-hybridized carbons (Fsp3) is 0.111. The first kappa shape index (κ1) is 17.3. The molecule has 0 saturated carbocycles. The molecular weight excluding hydrogens is 339 g/mol. The van der Waals surface area contributed by atoms with Crippen LogP contribution in [0.3, 0.4) is 0 Å². The normalized spacial score (nSPS) is 10.3. The molecule has 0 fully saturated rings. The summed E-state index contributed by atoms with van der Waals surface area (Å²) in [6.45, 7) is 0.251. The lowest BCUT2D eigenvalue weighted by Crippen LogP contribution is -2.35. The lowest BCUT2D eigenvalue weighted by molar-refractivity contribution is 0.0897. The topological polar surface area (TPSA) is 97.1 Å². The number of carbonyl (C=O) groups excluding carboxylic acids is 2. The molecule has 0 atom stereocenters. The predicted molar refractivity (Wildman–Crippen MR) is 90.8 cm³/mol. The third-order valence-electron chi connectivity index (χ3n) is 3.47. The van der Waals surface area contributed by atoms with E-state index in [1.54, 1.807) is 18.2 Å². The third-order valence-corrected chi connectivity index (χ3v) is 3.47. The second-order valence-corrected chi connectivity index (χ2v) is 5.28. The van der Waals surface area contributed by atoms with Crippen molar-refractivity contribution < 1.29 is 18.5 Å². The maximum Gasteiger partial charge on any atom is 0.316 e. The van der Waals surface area contributed by atoms with Crippen LogP contribution in [0.25, 0.3) is 11.4 Å². The average Bonchev–Trinajstić information content (AvgIpc) is 3.16. The largest absolute Gasteiger partial charge is 0.350 e. The Hall–Kier alpha value is -3.55. The molecule has 0 radical (unpaired) electrons. The molecule has 1 heterocycles. The van der Waals surface area contributed by atoms with Gasteiger partial charge in [0, 0.05) is 18.7 Å². The van der Waals surface area contributed by atoms with Crippen molar-refractivity contribution in [2.75, 3.05) is 13.1 Å². The molecule has 0 aliphatic heterocycles. The number of aromatic nitrogens is 2. The number of hydrogen-bond acceptors (Lipinski definition) is 5. The molecule has 0 aliphatic rings. The van der Waals surface area contributed by atoms with Gasteiger partial charge in [0.25, 0.3) is 5.91 Å². The molecule has 3 aromatic rings. The zero-order valence-corrected chi connectivity index (χ0v) is 13.6. The molecule has 1 aromatic heterocycles. The van der Waals surface area contributed by atoms with E-state index in [4.69, 9.17) is 4.52 Å². The van der Waals surface area contributed by atoms with Gasteiger partial charge in [-0.1, -0.05) is 47.6 Å². The standard InChI is InChI=1S/C18H15FN4O3/c19-14-9-5-4-8-13(14)16(24)20-10-11-21-17(25)18-22-15(23-26-18)12-6-2-1-3-7-12/h1-9H,10-11H2,(H,20,24)(H,21,25). The monoisotopic (exact) mass is 354 g/mol.